The molecule has 0 bridgehead atoms. The minimum absolute atomic E-state index is 0. The van der Waals surface area contributed by atoms with E-state index in [0.717, 1.165) is 33.4 Å². The predicted octanol–water partition coefficient (Wildman–Crippen LogP) is 9.11. The van der Waals surface area contributed by atoms with E-state index in [2.05, 4.69) is 44.9 Å². The van der Waals surface area contributed by atoms with E-state index in [1.54, 1.807) is 36.4 Å². The number of pyridine rings is 3. The quantitative estimate of drug-likeness (QED) is 0.0720. The first kappa shape index (κ1) is 48.6. The van der Waals surface area contributed by atoms with Crippen molar-refractivity contribution in [2.24, 2.45) is 0 Å². The molecule has 6 aromatic heterocycles. The van der Waals surface area contributed by atoms with Crippen LogP contribution in [0.15, 0.2) is 196 Å². The van der Waals surface area contributed by atoms with Crippen LogP contribution >= 0.6 is 0 Å². The molecule has 17 heteroatoms. The Bertz CT molecular complexity index is 3570. The number of hydrogen-bond acceptors (Lipinski definition) is 9. The first-order valence-electron chi connectivity index (χ1n) is 21.6. The number of aromatic amines is 6. The molecule has 336 valence electrons. The molecule has 0 saturated heterocycles. The van der Waals surface area contributed by atoms with Crippen molar-refractivity contribution >= 4 is 70.6 Å². The molecule has 6 aromatic carbocycles. The molecule has 0 unspecified atom stereocenters. The van der Waals surface area contributed by atoms with Crippen LogP contribution in [0.1, 0.15) is 0 Å². The number of phenolic OH excluding ortho intramolecular Hbond substituents is 3. The zero-order valence-corrected chi connectivity index (χ0v) is 41.0. The van der Waals surface area contributed by atoms with Crippen molar-refractivity contribution in [3.63, 3.8) is 0 Å². The van der Waals surface area contributed by atoms with Gasteiger partial charge in [0.2, 0.25) is 0 Å². The molecule has 0 fully saturated rings. The summed E-state index contributed by atoms with van der Waals surface area (Å²) in [6.45, 7) is 0. The summed E-state index contributed by atoms with van der Waals surface area (Å²) in [4.78, 5) is 64.6. The van der Waals surface area contributed by atoms with Gasteiger partial charge >= 0.3 is 54.2 Å². The number of aromatic nitrogens is 9. The van der Waals surface area contributed by atoms with Crippen LogP contribution < -0.4 is 17.1 Å². The monoisotopic (exact) mass is 1010 g/mol. The second kappa shape index (κ2) is 21.2. The minimum Gasteiger partial charge on any atom is -0.507 e. The van der Waals surface area contributed by atoms with Crippen LogP contribution in [-0.2, 0) is 0 Å². The largest absolute Gasteiger partial charge is 3.00 e. The van der Waals surface area contributed by atoms with E-state index in [1.165, 1.54) is 0 Å². The number of rotatable bonds is 6. The van der Waals surface area contributed by atoms with E-state index in [9.17, 15) is 29.7 Å². The second-order valence-electron chi connectivity index (χ2n) is 15.7. The number of nitrogens with one attached hydrogen (secondary N) is 6. The van der Waals surface area contributed by atoms with Crippen molar-refractivity contribution in [2.75, 3.05) is 0 Å². The summed E-state index contributed by atoms with van der Waals surface area (Å²) in [5.41, 5.74) is 11.5. The topological polar surface area (TPSA) is 245 Å². The third kappa shape index (κ3) is 10.3. The molecule has 71 heavy (non-hydrogen) atoms. The Kier molecular flexibility index (Phi) is 14.5. The van der Waals surface area contributed by atoms with E-state index in [1.807, 2.05) is 146 Å². The maximum absolute atomic E-state index is 11.6. The van der Waals surface area contributed by atoms with Gasteiger partial charge in [0.1, 0.15) is 17.2 Å². The smallest absolute Gasteiger partial charge is 0.507 e. The fraction of sp³-hybridized carbons (Fsp3) is 0. The van der Waals surface area contributed by atoms with Gasteiger partial charge in [-0.3, -0.25) is 15.0 Å². The Morgan fingerprint density at radius 2 is 0.549 bits per heavy atom. The van der Waals surface area contributed by atoms with Gasteiger partial charge in [0.25, 0.3) is 0 Å². The van der Waals surface area contributed by atoms with Gasteiger partial charge in [-0.25, -0.2) is 29.3 Å². The van der Waals surface area contributed by atoms with Crippen molar-refractivity contribution in [3.8, 4) is 84.4 Å². The predicted molar refractivity (Wildman–Crippen MR) is 279 cm³/mol. The van der Waals surface area contributed by atoms with E-state index in [-0.39, 0.29) is 71.5 Å². The summed E-state index contributed by atoms with van der Waals surface area (Å²) >= 11 is 0. The average molecular weight is 1010 g/mol. The van der Waals surface area contributed by atoms with Crippen molar-refractivity contribution in [1.82, 2.24) is 44.9 Å². The van der Waals surface area contributed by atoms with E-state index in [4.69, 9.17) is 0 Å². The fourth-order valence-electron chi connectivity index (χ4n) is 8.06. The maximum atomic E-state index is 11.6. The van der Waals surface area contributed by atoms with Crippen molar-refractivity contribution in [3.05, 3.63) is 213 Å². The molecule has 0 amide bonds. The second-order valence-corrected chi connectivity index (χ2v) is 15.7. The van der Waals surface area contributed by atoms with Crippen LogP contribution in [-0.4, -0.2) is 97.3 Å². The molecule has 15 nitrogen and oxygen atoms in total. The summed E-state index contributed by atoms with van der Waals surface area (Å²) in [7, 11) is 0. The Morgan fingerprint density at radius 3 is 0.803 bits per heavy atom. The number of phenols is 3. The zero-order valence-electron chi connectivity index (χ0n) is 37.4. The van der Waals surface area contributed by atoms with Gasteiger partial charge in [-0.05, 0) is 36.4 Å². The first-order valence-corrected chi connectivity index (χ1v) is 21.6. The summed E-state index contributed by atoms with van der Waals surface area (Å²) < 4.78 is 0. The molecule has 0 atom stereocenters. The molecule has 0 aliphatic carbocycles. The van der Waals surface area contributed by atoms with E-state index in [0.29, 0.717) is 67.3 Å². The van der Waals surface area contributed by atoms with E-state index >= 15 is 0 Å². The van der Waals surface area contributed by atoms with Gasteiger partial charge in [0.05, 0.1) is 33.6 Å². The summed E-state index contributed by atoms with van der Waals surface area (Å²) in [5.74, 6) is 0.510. The van der Waals surface area contributed by atoms with Crippen molar-refractivity contribution in [2.45, 2.75) is 0 Å². The number of hydrogen-bond donors (Lipinski definition) is 9. The number of imidazole rings is 3. The molecule has 9 N–H and O–H groups in total. The third-order valence-electron chi connectivity index (χ3n) is 11.2. The Morgan fingerprint density at radius 1 is 0.310 bits per heavy atom. The summed E-state index contributed by atoms with van der Waals surface area (Å²) in [6.07, 6.45) is 0. The van der Waals surface area contributed by atoms with Crippen molar-refractivity contribution < 1.29 is 15.3 Å². The number of para-hydroxylation sites is 3. The van der Waals surface area contributed by atoms with Crippen molar-refractivity contribution in [1.29, 1.82) is 0 Å². The SMILES string of the molecule is O=c1[nH]c2cc(-c3ccccc3O)c(-c3ccccc3)nc2[nH]1.O=c1[nH]c2cc(-c3ccccc3O)c(-c3ccccc3)nc2[nH]1.O=c1[nH]c2cc(-c3ccccc3O)c(-c3ccccc3)nc2[nH]1.[Al+3].[Ga+3]. The molecule has 12 rings (SSSR count). The van der Waals surface area contributed by atoms with E-state index < -0.39 is 0 Å². The molecule has 0 spiro atoms. The molecule has 12 aromatic rings. The van der Waals surface area contributed by atoms with Crippen LogP contribution in [0, 0.1) is 0 Å². The average Bonchev–Trinajstić information content (AvgIpc) is 4.07. The van der Waals surface area contributed by atoms with Gasteiger partial charge in [0.15, 0.2) is 16.9 Å². The van der Waals surface area contributed by atoms with Crippen LogP contribution in [0.25, 0.3) is 101 Å². The normalized spacial score (nSPS) is 10.6. The maximum Gasteiger partial charge on any atom is 3.00 e. The van der Waals surface area contributed by atoms with Gasteiger partial charge in [-0.2, -0.15) is 0 Å². The number of aromatic hydroxyl groups is 3. The molecule has 6 heterocycles. The van der Waals surface area contributed by atoms with Crippen LogP contribution in [0.2, 0.25) is 0 Å². The molecule has 0 radical (unpaired) electrons. The molecule has 0 aliphatic heterocycles. The molecule has 0 saturated carbocycles. The minimum atomic E-state index is -0.305. The standard InChI is InChI=1S/3C18H13N3O2.Al.Ga/c3*22-15-9-5-4-8-12(15)13-10-14-17(21-18(23)19-14)20-16(13)11-6-2-1-3-7-11;;/h3*1-10,22H,(H2,19,20,21,23);;/q;;;2*+3. The number of H-pyrrole nitrogens is 6. The van der Waals surface area contributed by atoms with Gasteiger partial charge in [0, 0.05) is 50.1 Å². The zero-order chi connectivity index (χ0) is 47.4. The third-order valence-corrected chi connectivity index (χ3v) is 11.2. The molecular weight excluding hydrogens is 967 g/mol. The summed E-state index contributed by atoms with van der Waals surface area (Å²) in [5, 5.41) is 30.6. The van der Waals surface area contributed by atoms with Crippen LogP contribution in [0.3, 0.4) is 0 Å². The van der Waals surface area contributed by atoms with Gasteiger partial charge < -0.3 is 30.3 Å². The number of benzene rings is 6. The fourth-order valence-corrected chi connectivity index (χ4v) is 8.06. The summed E-state index contributed by atoms with van der Waals surface area (Å²) in [6, 6.07) is 55.8. The Balaban J connectivity index is 0.000000141. The Labute approximate surface area is 426 Å². The molecular formula is C54H39AlGaN9O6+6. The first-order chi connectivity index (χ1) is 33.7. The van der Waals surface area contributed by atoms with Gasteiger partial charge in [-0.15, -0.1) is 0 Å². The Hall–Kier alpha value is -8.85. The van der Waals surface area contributed by atoms with Crippen LogP contribution in [0.4, 0.5) is 0 Å². The van der Waals surface area contributed by atoms with Gasteiger partial charge in [-0.1, -0.05) is 146 Å². The van der Waals surface area contributed by atoms with Crippen LogP contribution in [0.5, 0.6) is 17.2 Å². The number of nitrogens with zero attached hydrogens (tertiary/aromatic N) is 3. The number of fused-ring (bicyclic) bond motifs is 3. The molecule has 0 aliphatic rings.